The summed E-state index contributed by atoms with van der Waals surface area (Å²) >= 11 is 13.2. The topological polar surface area (TPSA) is 92.8 Å². The van der Waals surface area contributed by atoms with E-state index in [2.05, 4.69) is 5.32 Å². The van der Waals surface area contributed by atoms with Crippen molar-refractivity contribution in [3.63, 3.8) is 0 Å². The Labute approximate surface area is 183 Å². The van der Waals surface area contributed by atoms with E-state index < -0.39 is 28.5 Å². The molecule has 11 heteroatoms. The molecule has 0 spiro atoms. The van der Waals surface area contributed by atoms with Crippen molar-refractivity contribution in [2.45, 2.75) is 9.79 Å². The average Bonchev–Trinajstić information content (AvgIpc) is 2.67. The molecular formula is C18H18Cl2N2O5S2. The predicted octanol–water partition coefficient (Wildman–Crippen LogP) is 3.52. The lowest BCUT2D eigenvalue weighted by molar-refractivity contribution is -0.144. The van der Waals surface area contributed by atoms with Crippen LogP contribution in [-0.4, -0.2) is 51.1 Å². The maximum Gasteiger partial charge on any atom is 0.316 e. The maximum atomic E-state index is 12.3. The molecule has 2 aromatic carbocycles. The highest BCUT2D eigenvalue weighted by Gasteiger charge is 2.21. The molecule has 0 atom stereocenters. The van der Waals surface area contributed by atoms with E-state index >= 15 is 0 Å². The summed E-state index contributed by atoms with van der Waals surface area (Å²) in [7, 11) is -1.03. The molecule has 1 amide bonds. The van der Waals surface area contributed by atoms with Gasteiger partial charge in [-0.3, -0.25) is 9.59 Å². The van der Waals surface area contributed by atoms with Crippen molar-refractivity contribution in [2.75, 3.05) is 31.8 Å². The Kier molecular flexibility index (Phi) is 8.35. The van der Waals surface area contributed by atoms with Crippen molar-refractivity contribution >= 4 is 62.6 Å². The lowest BCUT2D eigenvalue weighted by Gasteiger charge is -2.14. The van der Waals surface area contributed by atoms with Gasteiger partial charge in [-0.15, -0.1) is 11.8 Å². The van der Waals surface area contributed by atoms with E-state index in [9.17, 15) is 18.0 Å². The van der Waals surface area contributed by atoms with E-state index in [-0.39, 0.29) is 21.4 Å². The normalized spacial score (nSPS) is 11.3. The van der Waals surface area contributed by atoms with Gasteiger partial charge in [-0.25, -0.2) is 12.7 Å². The third kappa shape index (κ3) is 6.61. The molecule has 0 saturated heterocycles. The molecular weight excluding hydrogens is 459 g/mol. The zero-order valence-electron chi connectivity index (χ0n) is 15.5. The van der Waals surface area contributed by atoms with Crippen LogP contribution in [0, 0.1) is 0 Å². The zero-order chi connectivity index (χ0) is 21.6. The molecule has 2 aromatic rings. The van der Waals surface area contributed by atoms with E-state index in [1.165, 1.54) is 44.1 Å². The smallest absolute Gasteiger partial charge is 0.316 e. The van der Waals surface area contributed by atoms with Crippen molar-refractivity contribution < 1.29 is 22.7 Å². The molecule has 0 saturated carbocycles. The van der Waals surface area contributed by atoms with Gasteiger partial charge in [0.25, 0.3) is 5.91 Å². The largest absolute Gasteiger partial charge is 0.455 e. The average molecular weight is 477 g/mol. The highest BCUT2D eigenvalue weighted by molar-refractivity contribution is 8.00. The van der Waals surface area contributed by atoms with E-state index in [1.54, 1.807) is 24.3 Å². The van der Waals surface area contributed by atoms with Crippen molar-refractivity contribution in [1.29, 1.82) is 0 Å². The summed E-state index contributed by atoms with van der Waals surface area (Å²) in [5, 5.41) is 3.02. The monoisotopic (exact) mass is 476 g/mol. The summed E-state index contributed by atoms with van der Waals surface area (Å²) in [6, 6.07) is 11.1. The molecule has 0 fully saturated rings. The van der Waals surface area contributed by atoms with E-state index in [0.29, 0.717) is 5.02 Å². The van der Waals surface area contributed by atoms with Gasteiger partial charge in [0.15, 0.2) is 6.61 Å². The summed E-state index contributed by atoms with van der Waals surface area (Å²) in [5.41, 5.74) is 0.210. The Bertz CT molecular complexity index is 1010. The number of nitrogens with zero attached hydrogens (tertiary/aromatic N) is 1. The van der Waals surface area contributed by atoms with Crippen molar-refractivity contribution in [3.8, 4) is 0 Å². The van der Waals surface area contributed by atoms with Crippen LogP contribution in [0.5, 0.6) is 0 Å². The van der Waals surface area contributed by atoms with Crippen molar-refractivity contribution in [2.24, 2.45) is 0 Å². The van der Waals surface area contributed by atoms with Crippen LogP contribution in [0.1, 0.15) is 0 Å². The number of halogens is 2. The van der Waals surface area contributed by atoms with Crippen LogP contribution in [0.15, 0.2) is 52.3 Å². The SMILES string of the molecule is CN(C)S(=O)(=O)c1cc(NC(=O)COC(=O)CSc2ccccc2Cl)ccc1Cl. The number of benzene rings is 2. The van der Waals surface area contributed by atoms with Gasteiger partial charge in [-0.1, -0.05) is 35.3 Å². The molecule has 0 aliphatic carbocycles. The standard InChI is InChI=1S/C18H18Cl2N2O5S2/c1-22(2)29(25,26)16-9-12(7-8-14(16)20)21-17(23)10-27-18(24)11-28-15-6-4-3-5-13(15)19/h3-9H,10-11H2,1-2H3,(H,21,23). The Morgan fingerprint density at radius 1 is 1.10 bits per heavy atom. The number of ether oxygens (including phenoxy) is 1. The summed E-state index contributed by atoms with van der Waals surface area (Å²) in [6.07, 6.45) is 0. The van der Waals surface area contributed by atoms with Crippen LogP contribution >= 0.6 is 35.0 Å². The Morgan fingerprint density at radius 2 is 1.79 bits per heavy atom. The van der Waals surface area contributed by atoms with E-state index in [1.807, 2.05) is 0 Å². The van der Waals surface area contributed by atoms with Gasteiger partial charge in [0.05, 0.1) is 15.8 Å². The fourth-order valence-corrected chi connectivity index (χ4v) is 4.49. The first kappa shape index (κ1) is 23.5. The number of hydrogen-bond donors (Lipinski definition) is 1. The Morgan fingerprint density at radius 3 is 2.45 bits per heavy atom. The number of nitrogens with one attached hydrogen (secondary N) is 1. The number of carbonyl (C=O) groups excluding carboxylic acids is 2. The molecule has 0 unspecified atom stereocenters. The maximum absolute atomic E-state index is 12.3. The summed E-state index contributed by atoms with van der Waals surface area (Å²) in [6.45, 7) is -0.514. The fraction of sp³-hybridized carbons (Fsp3) is 0.222. The minimum Gasteiger partial charge on any atom is -0.455 e. The number of esters is 1. The van der Waals surface area contributed by atoms with Crippen LogP contribution < -0.4 is 5.32 Å². The molecule has 29 heavy (non-hydrogen) atoms. The highest BCUT2D eigenvalue weighted by Crippen LogP contribution is 2.27. The molecule has 2 rings (SSSR count). The predicted molar refractivity (Wildman–Crippen MR) is 114 cm³/mol. The third-order valence-corrected chi connectivity index (χ3v) is 7.31. The van der Waals surface area contributed by atoms with Gasteiger partial charge >= 0.3 is 5.97 Å². The Balaban J connectivity index is 1.91. The zero-order valence-corrected chi connectivity index (χ0v) is 18.7. The van der Waals surface area contributed by atoms with Crippen LogP contribution in [0.4, 0.5) is 5.69 Å². The number of sulfonamides is 1. The molecule has 1 N–H and O–H groups in total. The number of thioether (sulfide) groups is 1. The molecule has 0 radical (unpaired) electrons. The number of amides is 1. The number of hydrogen-bond acceptors (Lipinski definition) is 6. The summed E-state index contributed by atoms with van der Waals surface area (Å²) in [5.74, 6) is -1.21. The van der Waals surface area contributed by atoms with Crippen LogP contribution in [0.25, 0.3) is 0 Å². The second-order valence-electron chi connectivity index (χ2n) is 5.86. The minimum absolute atomic E-state index is 0.0107. The molecule has 0 bridgehead atoms. The van der Waals surface area contributed by atoms with Crippen molar-refractivity contribution in [3.05, 3.63) is 52.5 Å². The van der Waals surface area contributed by atoms with Crippen LogP contribution in [-0.2, 0) is 24.3 Å². The van der Waals surface area contributed by atoms with Gasteiger partial charge in [0.1, 0.15) is 4.90 Å². The molecule has 7 nitrogen and oxygen atoms in total. The lowest BCUT2D eigenvalue weighted by Crippen LogP contribution is -2.24. The molecule has 156 valence electrons. The first-order valence-corrected chi connectivity index (χ1v) is 11.3. The first-order chi connectivity index (χ1) is 13.6. The van der Waals surface area contributed by atoms with Crippen LogP contribution in [0.2, 0.25) is 10.0 Å². The minimum atomic E-state index is -3.78. The summed E-state index contributed by atoms with van der Waals surface area (Å²) < 4.78 is 30.5. The van der Waals surface area contributed by atoms with E-state index in [0.717, 1.165) is 9.20 Å². The van der Waals surface area contributed by atoms with Crippen molar-refractivity contribution in [1.82, 2.24) is 4.31 Å². The number of anilines is 1. The quantitative estimate of drug-likeness (QED) is 0.462. The lowest BCUT2D eigenvalue weighted by atomic mass is 10.3. The second kappa shape index (κ2) is 10.3. The van der Waals surface area contributed by atoms with E-state index in [4.69, 9.17) is 27.9 Å². The molecule has 0 heterocycles. The van der Waals surface area contributed by atoms with Gasteiger partial charge in [-0.2, -0.15) is 0 Å². The van der Waals surface area contributed by atoms with Gasteiger partial charge in [0.2, 0.25) is 10.0 Å². The molecule has 0 aliphatic rings. The second-order valence-corrected chi connectivity index (χ2v) is 9.81. The van der Waals surface area contributed by atoms with Gasteiger partial charge in [0, 0.05) is 24.7 Å². The first-order valence-electron chi connectivity index (χ1n) is 8.16. The van der Waals surface area contributed by atoms with Gasteiger partial charge in [-0.05, 0) is 30.3 Å². The van der Waals surface area contributed by atoms with Crippen LogP contribution in [0.3, 0.4) is 0 Å². The van der Waals surface area contributed by atoms with Gasteiger partial charge < -0.3 is 10.1 Å². The highest BCUT2D eigenvalue weighted by atomic mass is 35.5. The number of carbonyl (C=O) groups is 2. The number of rotatable bonds is 8. The fourth-order valence-electron chi connectivity index (χ4n) is 2.06. The summed E-state index contributed by atoms with van der Waals surface area (Å²) in [4.78, 5) is 24.4. The molecule has 0 aromatic heterocycles. The molecule has 0 aliphatic heterocycles. The Hall–Kier alpha value is -1.78. The third-order valence-electron chi connectivity index (χ3n) is 3.52.